The van der Waals surface area contributed by atoms with Gasteiger partial charge in [-0.2, -0.15) is 13.2 Å². The molecular formula is C28H34F3N3O6. The number of benzene rings is 2. The van der Waals surface area contributed by atoms with Gasteiger partial charge in [-0.1, -0.05) is 30.3 Å². The zero-order valence-corrected chi connectivity index (χ0v) is 23.2. The number of nitro groups is 1. The summed E-state index contributed by atoms with van der Waals surface area (Å²) in [5, 5.41) is 11.9. The van der Waals surface area contributed by atoms with Gasteiger partial charge in [0.25, 0.3) is 5.91 Å². The highest BCUT2D eigenvalue weighted by molar-refractivity contribution is 5.97. The van der Waals surface area contributed by atoms with Crippen LogP contribution in [0, 0.1) is 10.1 Å². The summed E-state index contributed by atoms with van der Waals surface area (Å²) in [4.78, 5) is 40.1. The summed E-state index contributed by atoms with van der Waals surface area (Å²) in [6, 6.07) is 8.44. The monoisotopic (exact) mass is 565 g/mol. The number of ether oxygens (including phenoxy) is 2. The number of amides is 2. The van der Waals surface area contributed by atoms with E-state index in [1.54, 1.807) is 65.0 Å². The third kappa shape index (κ3) is 7.64. The molecule has 12 heteroatoms. The van der Waals surface area contributed by atoms with Gasteiger partial charge < -0.3 is 19.3 Å². The molecule has 1 fully saturated rings. The maximum Gasteiger partial charge on any atom is 0.417 e. The summed E-state index contributed by atoms with van der Waals surface area (Å²) in [5.74, 6) is -1.61. The smallest absolute Gasteiger partial charge is 0.417 e. The molecule has 2 aromatic carbocycles. The predicted molar refractivity (Wildman–Crippen MR) is 141 cm³/mol. The van der Waals surface area contributed by atoms with Gasteiger partial charge in [0.1, 0.15) is 12.2 Å². The van der Waals surface area contributed by atoms with Crippen LogP contribution in [-0.4, -0.2) is 57.5 Å². The first kappa shape index (κ1) is 30.7. The van der Waals surface area contributed by atoms with Crippen molar-refractivity contribution in [1.29, 1.82) is 0 Å². The van der Waals surface area contributed by atoms with Crippen molar-refractivity contribution in [1.82, 2.24) is 9.80 Å². The highest BCUT2D eigenvalue weighted by Crippen LogP contribution is 2.40. The van der Waals surface area contributed by atoms with Crippen molar-refractivity contribution in [3.05, 3.63) is 69.3 Å². The Labute approximate surface area is 231 Å². The van der Waals surface area contributed by atoms with Crippen molar-refractivity contribution >= 4 is 17.7 Å². The Hall–Kier alpha value is -3.83. The molecule has 0 radical (unpaired) electrons. The van der Waals surface area contributed by atoms with E-state index in [1.807, 2.05) is 0 Å². The van der Waals surface area contributed by atoms with Gasteiger partial charge in [-0.3, -0.25) is 14.9 Å². The first-order valence-electron chi connectivity index (χ1n) is 13.0. The van der Waals surface area contributed by atoms with E-state index in [4.69, 9.17) is 9.47 Å². The van der Waals surface area contributed by atoms with Crippen LogP contribution in [0.1, 0.15) is 68.9 Å². The number of rotatable bonds is 7. The molecule has 0 bridgehead atoms. The van der Waals surface area contributed by atoms with Crippen LogP contribution in [0.2, 0.25) is 0 Å². The van der Waals surface area contributed by atoms with Crippen molar-refractivity contribution in [2.75, 3.05) is 13.1 Å². The largest absolute Gasteiger partial charge is 0.482 e. The number of carbonyl (C=O) groups excluding carboxylic acids is 2. The van der Waals surface area contributed by atoms with Crippen LogP contribution in [0.15, 0.2) is 42.5 Å². The van der Waals surface area contributed by atoms with Gasteiger partial charge in [-0.05, 0) is 53.0 Å². The minimum Gasteiger partial charge on any atom is -0.482 e. The fraction of sp³-hybridized carbons (Fsp3) is 0.500. The van der Waals surface area contributed by atoms with E-state index < -0.39 is 63.3 Å². The molecule has 2 amide bonds. The molecule has 218 valence electrons. The van der Waals surface area contributed by atoms with Crippen molar-refractivity contribution in [2.45, 2.75) is 77.9 Å². The van der Waals surface area contributed by atoms with E-state index in [0.29, 0.717) is 37.1 Å². The molecule has 40 heavy (non-hydrogen) atoms. The second kappa shape index (κ2) is 12.1. The van der Waals surface area contributed by atoms with Gasteiger partial charge in [0.05, 0.1) is 22.1 Å². The molecule has 0 N–H and O–H groups in total. The average Bonchev–Trinajstić information content (AvgIpc) is 2.86. The van der Waals surface area contributed by atoms with Crippen molar-refractivity contribution < 1.29 is 37.2 Å². The van der Waals surface area contributed by atoms with E-state index in [-0.39, 0.29) is 13.2 Å². The average molecular weight is 566 g/mol. The first-order chi connectivity index (χ1) is 18.6. The molecule has 3 rings (SSSR count). The molecule has 2 aromatic rings. The molecule has 0 spiro atoms. The molecule has 1 saturated heterocycles. The number of hydrogen-bond donors (Lipinski definition) is 0. The number of likely N-dealkylation sites (tertiary alicyclic amines) is 1. The maximum absolute atomic E-state index is 14.3. The quantitative estimate of drug-likeness (QED) is 0.283. The fourth-order valence-electron chi connectivity index (χ4n) is 4.61. The molecule has 0 unspecified atom stereocenters. The Bertz CT molecular complexity index is 1230. The number of hydrogen-bond acceptors (Lipinski definition) is 6. The van der Waals surface area contributed by atoms with Gasteiger partial charge in [-0.25, -0.2) is 4.79 Å². The van der Waals surface area contributed by atoms with Crippen LogP contribution >= 0.6 is 0 Å². The third-order valence-electron chi connectivity index (χ3n) is 6.30. The van der Waals surface area contributed by atoms with Crippen molar-refractivity contribution in [3.8, 4) is 5.75 Å². The van der Waals surface area contributed by atoms with Gasteiger partial charge in [0.15, 0.2) is 5.75 Å². The van der Waals surface area contributed by atoms with E-state index in [1.165, 1.54) is 9.80 Å². The Morgan fingerprint density at radius 1 is 1.15 bits per heavy atom. The number of nitrogens with zero attached hydrogens (tertiary/aromatic N) is 3. The molecule has 0 aliphatic carbocycles. The number of piperidine rings is 1. The summed E-state index contributed by atoms with van der Waals surface area (Å²) in [7, 11) is 0. The minimum atomic E-state index is -5.00. The second-order valence-electron chi connectivity index (χ2n) is 10.9. The number of halogens is 3. The molecular weight excluding hydrogens is 531 g/mol. The number of alkyl halides is 3. The lowest BCUT2D eigenvalue weighted by atomic mass is 9.98. The van der Waals surface area contributed by atoms with Gasteiger partial charge in [0, 0.05) is 31.3 Å². The lowest BCUT2D eigenvalue weighted by molar-refractivity contribution is -0.386. The van der Waals surface area contributed by atoms with Gasteiger partial charge in [0.2, 0.25) is 0 Å². The standard InChI is InChI=1S/C28H34F3N3O6/c1-18(2)33(20-12-9-13-32(16-20)26(36)40-27(3,4)5)25(35)21-14-23(34(37)38)24(15-22(21)28(29,30)31)39-17-19-10-7-6-8-11-19/h6-8,10-11,14-15,18,20H,9,12-13,16-17H2,1-5H3/t20-/m1/s1. The summed E-state index contributed by atoms with van der Waals surface area (Å²) in [6.07, 6.45) is -4.65. The van der Waals surface area contributed by atoms with Crippen LogP contribution in [0.3, 0.4) is 0 Å². The Balaban J connectivity index is 1.99. The van der Waals surface area contributed by atoms with Crippen LogP contribution in [0.25, 0.3) is 0 Å². The van der Waals surface area contributed by atoms with E-state index in [2.05, 4.69) is 0 Å². The molecule has 0 saturated carbocycles. The highest BCUT2D eigenvalue weighted by atomic mass is 19.4. The predicted octanol–water partition coefficient (Wildman–Crippen LogP) is 6.44. The maximum atomic E-state index is 14.3. The summed E-state index contributed by atoms with van der Waals surface area (Å²) in [5.41, 5.74) is -3.09. The third-order valence-corrected chi connectivity index (χ3v) is 6.30. The zero-order chi connectivity index (χ0) is 29.8. The van der Waals surface area contributed by atoms with Gasteiger partial charge >= 0.3 is 18.0 Å². The molecule has 1 aliphatic rings. The second-order valence-corrected chi connectivity index (χ2v) is 10.9. The van der Waals surface area contributed by atoms with Crippen LogP contribution < -0.4 is 4.74 Å². The van der Waals surface area contributed by atoms with E-state index >= 15 is 0 Å². The van der Waals surface area contributed by atoms with Crippen LogP contribution in [0.5, 0.6) is 5.75 Å². The lowest BCUT2D eigenvalue weighted by Crippen LogP contribution is -2.54. The van der Waals surface area contributed by atoms with Crippen LogP contribution in [-0.2, 0) is 17.5 Å². The van der Waals surface area contributed by atoms with E-state index in [9.17, 15) is 32.9 Å². The topological polar surface area (TPSA) is 102 Å². The van der Waals surface area contributed by atoms with Crippen molar-refractivity contribution in [2.24, 2.45) is 0 Å². The SMILES string of the molecule is CC(C)N(C(=O)c1cc([N+](=O)[O-])c(OCc2ccccc2)cc1C(F)(F)F)[C@@H]1CCCN(C(=O)OC(C)(C)C)C1. The Kier molecular flexibility index (Phi) is 9.32. The zero-order valence-electron chi connectivity index (χ0n) is 23.2. The highest BCUT2D eigenvalue weighted by Gasteiger charge is 2.42. The minimum absolute atomic E-state index is 0.0561. The number of carbonyl (C=O) groups is 2. The Morgan fingerprint density at radius 2 is 1.80 bits per heavy atom. The Morgan fingerprint density at radius 3 is 2.35 bits per heavy atom. The summed E-state index contributed by atoms with van der Waals surface area (Å²) < 4.78 is 53.6. The van der Waals surface area contributed by atoms with Crippen molar-refractivity contribution in [3.63, 3.8) is 0 Å². The summed E-state index contributed by atoms with van der Waals surface area (Å²) in [6.45, 7) is 8.66. The molecule has 1 aliphatic heterocycles. The normalized spacial score (nSPS) is 16.0. The fourth-order valence-corrected chi connectivity index (χ4v) is 4.61. The first-order valence-corrected chi connectivity index (χ1v) is 13.0. The molecule has 1 heterocycles. The summed E-state index contributed by atoms with van der Waals surface area (Å²) >= 11 is 0. The molecule has 0 aromatic heterocycles. The van der Waals surface area contributed by atoms with Crippen LogP contribution in [0.4, 0.5) is 23.7 Å². The lowest BCUT2D eigenvalue weighted by Gasteiger charge is -2.41. The van der Waals surface area contributed by atoms with Gasteiger partial charge in [-0.15, -0.1) is 0 Å². The molecule has 9 nitrogen and oxygen atoms in total. The number of nitro benzene ring substituents is 1. The van der Waals surface area contributed by atoms with E-state index in [0.717, 1.165) is 0 Å². The molecule has 1 atom stereocenters.